The van der Waals surface area contributed by atoms with Gasteiger partial charge < -0.3 is 4.90 Å². The van der Waals surface area contributed by atoms with Crippen molar-refractivity contribution in [2.45, 2.75) is 18.6 Å². The third kappa shape index (κ3) is 3.73. The highest BCUT2D eigenvalue weighted by molar-refractivity contribution is 7.91. The van der Waals surface area contributed by atoms with Gasteiger partial charge in [-0.25, -0.2) is 18.4 Å². The summed E-state index contributed by atoms with van der Waals surface area (Å²) in [5.41, 5.74) is 0.263. The minimum absolute atomic E-state index is 0.00466. The number of halogens is 3. The summed E-state index contributed by atoms with van der Waals surface area (Å²) < 4.78 is 63.0. The highest BCUT2D eigenvalue weighted by Crippen LogP contribution is 2.32. The first-order valence-corrected chi connectivity index (χ1v) is 10.6. The molecule has 146 valence electrons. The summed E-state index contributed by atoms with van der Waals surface area (Å²) in [6.07, 6.45) is -3.99. The fraction of sp³-hybridized carbons (Fsp3) is 0.529. The number of aromatic nitrogens is 2. The van der Waals surface area contributed by atoms with E-state index in [0.717, 1.165) is 0 Å². The van der Waals surface area contributed by atoms with E-state index in [0.29, 0.717) is 38.0 Å². The van der Waals surface area contributed by atoms with Crippen LogP contribution in [-0.4, -0.2) is 67.0 Å². The number of hydrogen-bond acceptors (Lipinski definition) is 6. The number of anilines is 1. The van der Waals surface area contributed by atoms with Crippen LogP contribution < -0.4 is 4.90 Å². The molecule has 0 N–H and O–H groups in total. The molecule has 0 aliphatic carbocycles. The maximum Gasteiger partial charge on any atom is 0.451 e. The van der Waals surface area contributed by atoms with Gasteiger partial charge in [0.15, 0.2) is 9.84 Å². The first-order valence-electron chi connectivity index (χ1n) is 8.76. The summed E-state index contributed by atoms with van der Waals surface area (Å²) in [6, 6.07) is 6.68. The Morgan fingerprint density at radius 2 is 1.74 bits per heavy atom. The van der Waals surface area contributed by atoms with Crippen molar-refractivity contribution in [3.05, 3.63) is 30.1 Å². The van der Waals surface area contributed by atoms with Crippen molar-refractivity contribution >= 4 is 26.6 Å². The lowest BCUT2D eigenvalue weighted by molar-refractivity contribution is -0.144. The molecule has 4 rings (SSSR count). The van der Waals surface area contributed by atoms with Crippen LogP contribution in [0.5, 0.6) is 0 Å². The Morgan fingerprint density at radius 1 is 1.04 bits per heavy atom. The topological polar surface area (TPSA) is 66.4 Å². The molecule has 1 atom stereocenters. The van der Waals surface area contributed by atoms with Crippen molar-refractivity contribution < 1.29 is 21.6 Å². The predicted molar refractivity (Wildman–Crippen MR) is 95.4 cm³/mol. The van der Waals surface area contributed by atoms with Crippen LogP contribution in [-0.2, 0) is 16.0 Å². The molecule has 2 fully saturated rings. The van der Waals surface area contributed by atoms with E-state index >= 15 is 0 Å². The zero-order chi connectivity index (χ0) is 19.2. The molecule has 0 spiro atoms. The second-order valence-electron chi connectivity index (χ2n) is 6.97. The summed E-state index contributed by atoms with van der Waals surface area (Å²) >= 11 is 0. The van der Waals surface area contributed by atoms with Crippen molar-refractivity contribution in [1.29, 1.82) is 0 Å². The number of benzene rings is 1. The molecule has 0 amide bonds. The third-order valence-electron chi connectivity index (χ3n) is 5.18. The van der Waals surface area contributed by atoms with Crippen LogP contribution in [0.1, 0.15) is 12.2 Å². The maximum absolute atomic E-state index is 13.2. The molecule has 6 nitrogen and oxygen atoms in total. The molecule has 0 radical (unpaired) electrons. The van der Waals surface area contributed by atoms with Crippen LogP contribution >= 0.6 is 0 Å². The summed E-state index contributed by atoms with van der Waals surface area (Å²) in [6.45, 7) is 2.18. The van der Waals surface area contributed by atoms with Crippen LogP contribution in [0.25, 0.3) is 10.9 Å². The van der Waals surface area contributed by atoms with Gasteiger partial charge in [-0.2, -0.15) is 13.2 Å². The van der Waals surface area contributed by atoms with Gasteiger partial charge in [-0.1, -0.05) is 12.1 Å². The Labute approximate surface area is 154 Å². The highest BCUT2D eigenvalue weighted by Gasteiger charge is 2.37. The van der Waals surface area contributed by atoms with Crippen LogP contribution in [0, 0.1) is 0 Å². The van der Waals surface area contributed by atoms with Crippen molar-refractivity contribution in [2.75, 3.05) is 42.6 Å². The van der Waals surface area contributed by atoms with E-state index < -0.39 is 21.8 Å². The number of fused-ring (bicyclic) bond motifs is 1. The Bertz CT molecular complexity index is 956. The van der Waals surface area contributed by atoms with Gasteiger partial charge in [0.05, 0.1) is 17.0 Å². The molecular weight excluding hydrogens is 381 g/mol. The van der Waals surface area contributed by atoms with Gasteiger partial charge >= 0.3 is 6.18 Å². The molecule has 0 bridgehead atoms. The highest BCUT2D eigenvalue weighted by atomic mass is 32.2. The van der Waals surface area contributed by atoms with Crippen molar-refractivity contribution in [3.8, 4) is 0 Å². The van der Waals surface area contributed by atoms with Crippen LogP contribution in [0.2, 0.25) is 0 Å². The van der Waals surface area contributed by atoms with Crippen LogP contribution in [0.3, 0.4) is 0 Å². The van der Waals surface area contributed by atoms with E-state index in [1.807, 2.05) is 4.90 Å². The molecule has 2 aliphatic heterocycles. The molecule has 2 saturated heterocycles. The van der Waals surface area contributed by atoms with Crippen molar-refractivity contribution in [2.24, 2.45) is 0 Å². The smallest absolute Gasteiger partial charge is 0.353 e. The fourth-order valence-corrected chi connectivity index (χ4v) is 5.55. The summed E-state index contributed by atoms with van der Waals surface area (Å²) in [5.74, 6) is -0.475. The lowest BCUT2D eigenvalue weighted by Crippen LogP contribution is -2.51. The first kappa shape index (κ1) is 18.4. The SMILES string of the molecule is O=S1(=O)CC[C@@H](N2CCN(c3nc(C(F)(F)F)nc4ccccc34)CC2)C1. The van der Waals surface area contributed by atoms with Crippen LogP contribution in [0.4, 0.5) is 19.0 Å². The summed E-state index contributed by atoms with van der Waals surface area (Å²) in [7, 11) is -2.96. The Balaban J connectivity index is 1.58. The molecule has 1 aromatic heterocycles. The number of nitrogens with zero attached hydrogens (tertiary/aromatic N) is 4. The Morgan fingerprint density at radius 3 is 2.37 bits per heavy atom. The number of para-hydroxylation sites is 1. The van der Waals surface area contributed by atoms with Gasteiger partial charge in [0.25, 0.3) is 0 Å². The Hall–Kier alpha value is -1.94. The van der Waals surface area contributed by atoms with E-state index in [-0.39, 0.29) is 28.9 Å². The standard InChI is InChI=1S/C17H19F3N4O2S/c18-17(19,20)16-21-14-4-2-1-3-13(14)15(22-16)24-8-6-23(7-9-24)12-5-10-27(25,26)11-12/h1-4,12H,5-11H2/t12-/m1/s1. The zero-order valence-corrected chi connectivity index (χ0v) is 15.3. The molecule has 2 aromatic rings. The van der Waals surface area contributed by atoms with Gasteiger partial charge in [-0.05, 0) is 18.6 Å². The first-order chi connectivity index (χ1) is 12.7. The molecule has 3 heterocycles. The summed E-state index contributed by atoms with van der Waals surface area (Å²) in [5, 5.41) is 0.586. The van der Waals surface area contributed by atoms with Crippen LogP contribution in [0.15, 0.2) is 24.3 Å². The van der Waals surface area contributed by atoms with Gasteiger partial charge in [0, 0.05) is 37.6 Å². The number of sulfone groups is 1. The minimum atomic E-state index is -4.61. The van der Waals surface area contributed by atoms with Crippen molar-refractivity contribution in [3.63, 3.8) is 0 Å². The number of piperazine rings is 1. The van der Waals surface area contributed by atoms with E-state index in [9.17, 15) is 21.6 Å². The second kappa shape index (κ2) is 6.59. The van der Waals surface area contributed by atoms with Gasteiger partial charge in [-0.3, -0.25) is 4.90 Å². The molecule has 1 aromatic carbocycles. The number of hydrogen-bond donors (Lipinski definition) is 0. The normalized spacial score (nSPS) is 23.8. The predicted octanol–water partition coefficient (Wildman–Crippen LogP) is 1.96. The van der Waals surface area contributed by atoms with Crippen molar-refractivity contribution in [1.82, 2.24) is 14.9 Å². The average Bonchev–Trinajstić information content (AvgIpc) is 3.00. The van der Waals surface area contributed by atoms with E-state index in [2.05, 4.69) is 14.9 Å². The number of rotatable bonds is 2. The largest absolute Gasteiger partial charge is 0.451 e. The fourth-order valence-electron chi connectivity index (χ4n) is 3.79. The van der Waals surface area contributed by atoms with Gasteiger partial charge in [0.1, 0.15) is 5.82 Å². The summed E-state index contributed by atoms with van der Waals surface area (Å²) in [4.78, 5) is 11.4. The lowest BCUT2D eigenvalue weighted by Gasteiger charge is -2.38. The van der Waals surface area contributed by atoms with Gasteiger partial charge in [0.2, 0.25) is 5.82 Å². The molecule has 10 heteroatoms. The van der Waals surface area contributed by atoms with Gasteiger partial charge in [-0.15, -0.1) is 0 Å². The van der Waals surface area contributed by atoms with E-state index in [4.69, 9.17) is 0 Å². The van der Waals surface area contributed by atoms with E-state index in [1.165, 1.54) is 0 Å². The molecule has 0 saturated carbocycles. The zero-order valence-electron chi connectivity index (χ0n) is 14.5. The quantitative estimate of drug-likeness (QED) is 0.768. The lowest BCUT2D eigenvalue weighted by atomic mass is 10.1. The Kier molecular flexibility index (Phi) is 4.50. The monoisotopic (exact) mass is 400 g/mol. The third-order valence-corrected chi connectivity index (χ3v) is 6.93. The average molecular weight is 400 g/mol. The molecule has 2 aliphatic rings. The second-order valence-corrected chi connectivity index (χ2v) is 9.19. The number of alkyl halides is 3. The van der Waals surface area contributed by atoms with E-state index in [1.54, 1.807) is 24.3 Å². The molecule has 0 unspecified atom stereocenters. The molecule has 27 heavy (non-hydrogen) atoms. The molecular formula is C17H19F3N4O2S. The maximum atomic E-state index is 13.2. The minimum Gasteiger partial charge on any atom is -0.353 e.